The maximum absolute atomic E-state index is 12.5. The zero-order valence-corrected chi connectivity index (χ0v) is 11.1. The van der Waals surface area contributed by atoms with Gasteiger partial charge < -0.3 is 15.3 Å². The number of hydrogen-bond donors (Lipinski definition) is 3. The molecule has 5 nitrogen and oxygen atoms in total. The number of carbonyl (C=O) groups excluding carboxylic acids is 1. The van der Waals surface area contributed by atoms with Crippen LogP contribution in [0.3, 0.4) is 0 Å². The van der Waals surface area contributed by atoms with Crippen LogP contribution in [0, 0.1) is 0 Å². The van der Waals surface area contributed by atoms with E-state index in [-0.39, 0.29) is 17.1 Å². The molecule has 0 spiro atoms. The Balaban J connectivity index is 2.43. The lowest BCUT2D eigenvalue weighted by atomic mass is 9.87. The number of aromatic hydroxyl groups is 2. The number of carboxylic acid groups (broad SMARTS) is 1. The molecular weight excluding hydrogens is 272 g/mol. The summed E-state index contributed by atoms with van der Waals surface area (Å²) < 4.78 is 0. The lowest BCUT2D eigenvalue weighted by Gasteiger charge is -2.15. The molecule has 0 saturated heterocycles. The van der Waals surface area contributed by atoms with Gasteiger partial charge in [0.05, 0.1) is 17.9 Å². The monoisotopic (exact) mass is 286 g/mol. The van der Waals surface area contributed by atoms with Crippen molar-refractivity contribution >= 4 is 11.8 Å². The van der Waals surface area contributed by atoms with E-state index in [0.29, 0.717) is 5.56 Å². The van der Waals surface area contributed by atoms with Crippen molar-refractivity contribution in [2.75, 3.05) is 0 Å². The van der Waals surface area contributed by atoms with E-state index in [1.807, 2.05) is 0 Å². The molecule has 2 aromatic carbocycles. The van der Waals surface area contributed by atoms with Crippen LogP contribution in [0.5, 0.6) is 11.5 Å². The van der Waals surface area contributed by atoms with E-state index in [9.17, 15) is 19.8 Å². The maximum Gasteiger partial charge on any atom is 0.304 e. The fraction of sp³-hybridized carbons (Fsp3) is 0.125. The van der Waals surface area contributed by atoms with Crippen molar-refractivity contribution in [3.63, 3.8) is 0 Å². The van der Waals surface area contributed by atoms with Crippen molar-refractivity contribution in [1.82, 2.24) is 0 Å². The van der Waals surface area contributed by atoms with Crippen LogP contribution in [0.1, 0.15) is 28.3 Å². The van der Waals surface area contributed by atoms with Gasteiger partial charge in [-0.1, -0.05) is 30.3 Å². The summed E-state index contributed by atoms with van der Waals surface area (Å²) in [6.45, 7) is 0. The molecule has 0 fully saturated rings. The molecule has 5 heteroatoms. The number of carboxylic acids is 1. The number of benzene rings is 2. The Labute approximate surface area is 121 Å². The lowest BCUT2D eigenvalue weighted by molar-refractivity contribution is -0.137. The normalized spacial score (nSPS) is 11.8. The van der Waals surface area contributed by atoms with Gasteiger partial charge in [0.2, 0.25) is 0 Å². The van der Waals surface area contributed by atoms with E-state index < -0.39 is 24.1 Å². The van der Waals surface area contributed by atoms with E-state index in [4.69, 9.17) is 5.11 Å². The van der Waals surface area contributed by atoms with Gasteiger partial charge in [-0.3, -0.25) is 9.59 Å². The minimum absolute atomic E-state index is 0.0925. The Bertz CT molecular complexity index is 664. The zero-order valence-electron chi connectivity index (χ0n) is 11.1. The van der Waals surface area contributed by atoms with Crippen molar-refractivity contribution in [3.05, 3.63) is 59.7 Å². The quantitative estimate of drug-likeness (QED) is 0.580. The molecule has 2 rings (SSSR count). The molecular formula is C16H14O5. The van der Waals surface area contributed by atoms with Crippen LogP contribution in [-0.2, 0) is 4.79 Å². The summed E-state index contributed by atoms with van der Waals surface area (Å²) in [7, 11) is 0. The van der Waals surface area contributed by atoms with Gasteiger partial charge in [-0.2, -0.15) is 0 Å². The van der Waals surface area contributed by atoms with Crippen molar-refractivity contribution in [1.29, 1.82) is 0 Å². The standard InChI is InChI=1S/C16H14O5/c17-11-6-7-14(18)13(8-11)16(21)12(9-15(19)20)10-4-2-1-3-5-10/h1-8,12,17-18H,9H2,(H,19,20). The molecule has 0 aliphatic carbocycles. The summed E-state index contributed by atoms with van der Waals surface area (Å²) in [5.41, 5.74) is 0.456. The molecule has 108 valence electrons. The molecule has 3 N–H and O–H groups in total. The van der Waals surface area contributed by atoms with Crippen LogP contribution in [-0.4, -0.2) is 27.1 Å². The maximum atomic E-state index is 12.5. The molecule has 0 amide bonds. The van der Waals surface area contributed by atoms with Crippen molar-refractivity contribution in [3.8, 4) is 11.5 Å². The lowest BCUT2D eigenvalue weighted by Crippen LogP contribution is -2.17. The summed E-state index contributed by atoms with van der Waals surface area (Å²) in [6, 6.07) is 12.1. The average molecular weight is 286 g/mol. The van der Waals surface area contributed by atoms with Crippen LogP contribution in [0.4, 0.5) is 0 Å². The van der Waals surface area contributed by atoms with Crippen molar-refractivity contribution in [2.24, 2.45) is 0 Å². The second-order valence-electron chi connectivity index (χ2n) is 4.63. The molecule has 0 bridgehead atoms. The molecule has 0 radical (unpaired) electrons. The predicted molar refractivity (Wildman–Crippen MR) is 75.5 cm³/mol. The number of carbonyl (C=O) groups is 2. The average Bonchev–Trinajstić information content (AvgIpc) is 2.47. The number of hydrogen-bond acceptors (Lipinski definition) is 4. The van der Waals surface area contributed by atoms with Crippen LogP contribution < -0.4 is 0 Å². The molecule has 0 aliphatic heterocycles. The number of Topliss-reactive ketones (excluding diaryl/α,β-unsaturated/α-hetero) is 1. The number of phenols is 2. The highest BCUT2D eigenvalue weighted by Gasteiger charge is 2.26. The summed E-state index contributed by atoms with van der Waals surface area (Å²) in [5, 5.41) is 28.2. The van der Waals surface area contributed by atoms with Crippen molar-refractivity contribution in [2.45, 2.75) is 12.3 Å². The van der Waals surface area contributed by atoms with E-state index >= 15 is 0 Å². The van der Waals surface area contributed by atoms with Crippen LogP contribution in [0.25, 0.3) is 0 Å². The molecule has 1 atom stereocenters. The SMILES string of the molecule is O=C(O)CC(C(=O)c1cc(O)ccc1O)c1ccccc1. The minimum Gasteiger partial charge on any atom is -0.508 e. The Morgan fingerprint density at radius 1 is 1.00 bits per heavy atom. The first-order valence-electron chi connectivity index (χ1n) is 6.32. The highest BCUT2D eigenvalue weighted by Crippen LogP contribution is 2.30. The second kappa shape index (κ2) is 6.09. The molecule has 0 aliphatic rings. The Morgan fingerprint density at radius 3 is 2.29 bits per heavy atom. The summed E-state index contributed by atoms with van der Waals surface area (Å²) in [5.74, 6) is -3.03. The number of phenolic OH excluding ortho intramolecular Hbond substituents is 2. The largest absolute Gasteiger partial charge is 0.508 e. The third kappa shape index (κ3) is 3.39. The molecule has 2 aromatic rings. The van der Waals surface area contributed by atoms with Gasteiger partial charge in [-0.05, 0) is 23.8 Å². The van der Waals surface area contributed by atoms with E-state index in [2.05, 4.69) is 0 Å². The first-order valence-corrected chi connectivity index (χ1v) is 6.32. The number of ketones is 1. The molecule has 0 aromatic heterocycles. The third-order valence-electron chi connectivity index (χ3n) is 3.14. The first kappa shape index (κ1) is 14.6. The fourth-order valence-electron chi connectivity index (χ4n) is 2.13. The van der Waals surface area contributed by atoms with E-state index in [0.717, 1.165) is 6.07 Å². The Hall–Kier alpha value is -2.82. The third-order valence-corrected chi connectivity index (χ3v) is 3.14. The minimum atomic E-state index is -1.11. The van der Waals surface area contributed by atoms with Gasteiger partial charge in [0.15, 0.2) is 5.78 Å². The van der Waals surface area contributed by atoms with Gasteiger partial charge >= 0.3 is 5.97 Å². The van der Waals surface area contributed by atoms with Gasteiger partial charge in [0, 0.05) is 0 Å². The topological polar surface area (TPSA) is 94.8 Å². The number of aliphatic carboxylic acids is 1. The fourth-order valence-corrected chi connectivity index (χ4v) is 2.13. The smallest absolute Gasteiger partial charge is 0.304 e. The zero-order chi connectivity index (χ0) is 15.4. The predicted octanol–water partition coefficient (Wildman–Crippen LogP) is 2.54. The summed E-state index contributed by atoms with van der Waals surface area (Å²) in [6.07, 6.45) is -0.391. The van der Waals surface area contributed by atoms with Crippen molar-refractivity contribution < 1.29 is 24.9 Å². The van der Waals surface area contributed by atoms with Crippen LogP contribution in [0.2, 0.25) is 0 Å². The Kier molecular flexibility index (Phi) is 4.23. The van der Waals surface area contributed by atoms with E-state index in [1.54, 1.807) is 30.3 Å². The Morgan fingerprint density at radius 2 is 1.67 bits per heavy atom. The molecule has 0 heterocycles. The summed E-state index contributed by atoms with van der Waals surface area (Å²) >= 11 is 0. The molecule has 0 saturated carbocycles. The number of rotatable bonds is 5. The van der Waals surface area contributed by atoms with Gasteiger partial charge in [-0.15, -0.1) is 0 Å². The van der Waals surface area contributed by atoms with Gasteiger partial charge in [0.1, 0.15) is 11.5 Å². The second-order valence-corrected chi connectivity index (χ2v) is 4.63. The van der Waals surface area contributed by atoms with Gasteiger partial charge in [-0.25, -0.2) is 0 Å². The highest BCUT2D eigenvalue weighted by atomic mass is 16.4. The van der Waals surface area contributed by atoms with Gasteiger partial charge in [0.25, 0.3) is 0 Å². The summed E-state index contributed by atoms with van der Waals surface area (Å²) in [4.78, 5) is 23.5. The highest BCUT2D eigenvalue weighted by molar-refractivity contribution is 6.04. The molecule has 21 heavy (non-hydrogen) atoms. The van der Waals surface area contributed by atoms with Crippen LogP contribution in [0.15, 0.2) is 48.5 Å². The first-order chi connectivity index (χ1) is 9.99. The van der Waals surface area contributed by atoms with E-state index in [1.165, 1.54) is 12.1 Å². The van der Waals surface area contributed by atoms with Crippen LogP contribution >= 0.6 is 0 Å². The molecule has 1 unspecified atom stereocenters.